The summed E-state index contributed by atoms with van der Waals surface area (Å²) in [4.78, 5) is 23.8. The number of hydrogen-bond donors (Lipinski definition) is 0. The van der Waals surface area contributed by atoms with E-state index in [0.29, 0.717) is 25.5 Å². The van der Waals surface area contributed by atoms with Crippen LogP contribution in [0.1, 0.15) is 40.8 Å². The number of carbonyl (C=O) groups excluding carboxylic acids is 1. The molecule has 0 bridgehead atoms. The van der Waals surface area contributed by atoms with Gasteiger partial charge in [-0.15, -0.1) is 0 Å². The minimum Gasteiger partial charge on any atom is -0.383 e. The first-order valence-electron chi connectivity index (χ1n) is 8.97. The number of piperidine rings is 1. The Morgan fingerprint density at radius 2 is 2.19 bits per heavy atom. The lowest BCUT2D eigenvalue weighted by Gasteiger charge is -2.32. The van der Waals surface area contributed by atoms with E-state index in [9.17, 15) is 4.79 Å². The highest BCUT2D eigenvalue weighted by Gasteiger charge is 2.28. The molecule has 3 heterocycles. The summed E-state index contributed by atoms with van der Waals surface area (Å²) >= 11 is 0. The first-order chi connectivity index (χ1) is 12.7. The first-order valence-corrected chi connectivity index (χ1v) is 8.97. The Morgan fingerprint density at radius 3 is 3.00 bits per heavy atom. The van der Waals surface area contributed by atoms with Crippen LogP contribution in [-0.4, -0.2) is 59.3 Å². The Balaban J connectivity index is 1.71. The number of pyridine rings is 1. The lowest BCUT2D eigenvalue weighted by Crippen LogP contribution is -2.40. The lowest BCUT2D eigenvalue weighted by molar-refractivity contribution is 0.0695. The van der Waals surface area contributed by atoms with Gasteiger partial charge in [0.15, 0.2) is 0 Å². The number of aromatic nitrogens is 3. The summed E-state index contributed by atoms with van der Waals surface area (Å²) in [5.74, 6) is 1.24. The van der Waals surface area contributed by atoms with Crippen molar-refractivity contribution in [3.05, 3.63) is 47.8 Å². The lowest BCUT2D eigenvalue weighted by atomic mass is 9.96. The minimum absolute atomic E-state index is 0.0253. The van der Waals surface area contributed by atoms with Gasteiger partial charge in [-0.3, -0.25) is 4.79 Å². The van der Waals surface area contributed by atoms with Crippen molar-refractivity contribution in [1.29, 1.82) is 0 Å². The molecule has 7 nitrogen and oxygen atoms in total. The third-order valence-corrected chi connectivity index (χ3v) is 4.68. The highest BCUT2D eigenvalue weighted by atomic mass is 16.5. The number of carbonyl (C=O) groups is 1. The molecule has 0 spiro atoms. The fraction of sp³-hybridized carbons (Fsp3) is 0.526. The molecule has 0 radical (unpaired) electrons. The maximum Gasteiger partial charge on any atom is 0.272 e. The molecule has 0 unspecified atom stereocenters. The van der Waals surface area contributed by atoms with Gasteiger partial charge >= 0.3 is 0 Å². The van der Waals surface area contributed by atoms with Crippen molar-refractivity contribution in [2.24, 2.45) is 0 Å². The average molecular weight is 358 g/mol. The van der Waals surface area contributed by atoms with E-state index in [1.807, 2.05) is 29.4 Å². The van der Waals surface area contributed by atoms with E-state index in [4.69, 9.17) is 9.47 Å². The summed E-state index contributed by atoms with van der Waals surface area (Å²) in [5.41, 5.74) is 1.24. The topological polar surface area (TPSA) is 69.5 Å². The number of likely N-dealkylation sites (tertiary alicyclic amines) is 1. The van der Waals surface area contributed by atoms with E-state index in [2.05, 4.69) is 14.5 Å². The predicted octanol–water partition coefficient (Wildman–Crippen LogP) is 2.09. The van der Waals surface area contributed by atoms with Crippen molar-refractivity contribution in [3.63, 3.8) is 0 Å². The molecule has 140 valence electrons. The molecule has 2 aromatic heterocycles. The molecule has 3 rings (SSSR count). The molecule has 2 aromatic rings. The Kier molecular flexibility index (Phi) is 6.35. The first kappa shape index (κ1) is 18.5. The van der Waals surface area contributed by atoms with Crippen LogP contribution >= 0.6 is 0 Å². The van der Waals surface area contributed by atoms with Crippen molar-refractivity contribution < 1.29 is 14.3 Å². The maximum absolute atomic E-state index is 12.9. The molecular weight excluding hydrogens is 332 g/mol. The Bertz CT molecular complexity index is 731. The molecule has 1 fully saturated rings. The molecule has 1 amide bonds. The van der Waals surface area contributed by atoms with Gasteiger partial charge in [0, 0.05) is 52.2 Å². The van der Waals surface area contributed by atoms with Gasteiger partial charge in [-0.1, -0.05) is 6.07 Å². The number of ether oxygens (including phenoxy) is 2. The third kappa shape index (κ3) is 4.28. The Labute approximate surface area is 154 Å². The Hall–Kier alpha value is -2.25. The number of nitrogens with zero attached hydrogens (tertiary/aromatic N) is 4. The molecule has 0 aromatic carbocycles. The van der Waals surface area contributed by atoms with Crippen LogP contribution in [0.2, 0.25) is 0 Å². The van der Waals surface area contributed by atoms with E-state index in [0.717, 1.165) is 37.4 Å². The van der Waals surface area contributed by atoms with Crippen LogP contribution in [0.25, 0.3) is 0 Å². The SMILES string of the molecule is COCCn1ccnc1[C@@H]1CCCN(C(=O)c2cccc(COC)n2)C1. The number of amides is 1. The summed E-state index contributed by atoms with van der Waals surface area (Å²) in [6.07, 6.45) is 5.79. The van der Waals surface area contributed by atoms with Crippen LogP contribution < -0.4 is 0 Å². The molecule has 1 atom stereocenters. The summed E-state index contributed by atoms with van der Waals surface area (Å²) < 4.78 is 12.4. The number of methoxy groups -OCH3 is 2. The molecule has 1 aliphatic heterocycles. The molecular formula is C19H26N4O3. The largest absolute Gasteiger partial charge is 0.383 e. The molecule has 7 heteroatoms. The summed E-state index contributed by atoms with van der Waals surface area (Å²) in [7, 11) is 3.32. The van der Waals surface area contributed by atoms with E-state index >= 15 is 0 Å². The van der Waals surface area contributed by atoms with Gasteiger partial charge in [-0.05, 0) is 25.0 Å². The molecule has 0 N–H and O–H groups in total. The number of imidazole rings is 1. The second-order valence-electron chi connectivity index (χ2n) is 6.51. The quantitative estimate of drug-likeness (QED) is 0.758. The van der Waals surface area contributed by atoms with Gasteiger partial charge in [0.1, 0.15) is 11.5 Å². The van der Waals surface area contributed by atoms with Crippen molar-refractivity contribution in [2.45, 2.75) is 31.9 Å². The van der Waals surface area contributed by atoms with Crippen LogP contribution in [0.3, 0.4) is 0 Å². The minimum atomic E-state index is -0.0253. The number of hydrogen-bond acceptors (Lipinski definition) is 5. The van der Waals surface area contributed by atoms with Crippen molar-refractivity contribution in [3.8, 4) is 0 Å². The van der Waals surface area contributed by atoms with Crippen LogP contribution in [0.4, 0.5) is 0 Å². The zero-order chi connectivity index (χ0) is 18.4. The number of rotatable bonds is 7. The fourth-order valence-corrected chi connectivity index (χ4v) is 3.42. The van der Waals surface area contributed by atoms with Gasteiger partial charge in [-0.2, -0.15) is 0 Å². The van der Waals surface area contributed by atoms with Gasteiger partial charge in [0.2, 0.25) is 0 Å². The van der Waals surface area contributed by atoms with Crippen molar-refractivity contribution >= 4 is 5.91 Å². The standard InChI is InChI=1S/C19H26N4O3/c1-25-12-11-22-10-8-20-18(22)15-5-4-9-23(13-15)19(24)17-7-3-6-16(21-17)14-26-2/h3,6-8,10,15H,4-5,9,11-14H2,1-2H3/t15-/m1/s1. The average Bonchev–Trinajstić information content (AvgIpc) is 3.15. The Morgan fingerprint density at radius 1 is 1.31 bits per heavy atom. The van der Waals surface area contributed by atoms with Crippen molar-refractivity contribution in [2.75, 3.05) is 33.9 Å². The van der Waals surface area contributed by atoms with E-state index in [1.165, 1.54) is 0 Å². The third-order valence-electron chi connectivity index (χ3n) is 4.68. The van der Waals surface area contributed by atoms with Crippen molar-refractivity contribution in [1.82, 2.24) is 19.4 Å². The van der Waals surface area contributed by atoms with Crippen LogP contribution in [0, 0.1) is 0 Å². The van der Waals surface area contributed by atoms with Gasteiger partial charge in [-0.25, -0.2) is 9.97 Å². The molecule has 26 heavy (non-hydrogen) atoms. The van der Waals surface area contributed by atoms with E-state index in [-0.39, 0.29) is 11.8 Å². The molecule has 0 saturated carbocycles. The molecule has 0 aliphatic carbocycles. The zero-order valence-electron chi connectivity index (χ0n) is 15.4. The zero-order valence-corrected chi connectivity index (χ0v) is 15.4. The van der Waals surface area contributed by atoms with Crippen LogP contribution in [-0.2, 0) is 22.6 Å². The van der Waals surface area contributed by atoms with Gasteiger partial charge in [0.05, 0.1) is 18.9 Å². The predicted molar refractivity (Wildman–Crippen MR) is 96.9 cm³/mol. The highest BCUT2D eigenvalue weighted by molar-refractivity contribution is 5.92. The van der Waals surface area contributed by atoms with E-state index in [1.54, 1.807) is 20.3 Å². The smallest absolute Gasteiger partial charge is 0.272 e. The summed E-state index contributed by atoms with van der Waals surface area (Å²) in [6.45, 7) is 3.25. The van der Waals surface area contributed by atoms with Gasteiger partial charge in [0.25, 0.3) is 5.91 Å². The highest BCUT2D eigenvalue weighted by Crippen LogP contribution is 2.26. The molecule has 1 saturated heterocycles. The second kappa shape index (κ2) is 8.91. The summed E-state index contributed by atoms with van der Waals surface area (Å²) in [6, 6.07) is 5.49. The second-order valence-corrected chi connectivity index (χ2v) is 6.51. The van der Waals surface area contributed by atoms with Crippen LogP contribution in [0.15, 0.2) is 30.6 Å². The summed E-state index contributed by atoms with van der Waals surface area (Å²) in [5, 5.41) is 0. The van der Waals surface area contributed by atoms with Gasteiger partial charge < -0.3 is 18.9 Å². The monoisotopic (exact) mass is 358 g/mol. The molecule has 1 aliphatic rings. The maximum atomic E-state index is 12.9. The normalized spacial score (nSPS) is 17.5. The van der Waals surface area contributed by atoms with E-state index < -0.39 is 0 Å². The van der Waals surface area contributed by atoms with Crippen LogP contribution in [0.5, 0.6) is 0 Å². The fourth-order valence-electron chi connectivity index (χ4n) is 3.42.